The highest BCUT2D eigenvalue weighted by molar-refractivity contribution is 6.37. The maximum absolute atomic E-state index is 12.6. The summed E-state index contributed by atoms with van der Waals surface area (Å²) in [5, 5.41) is 7.11. The number of nitrogens with zero attached hydrogens (tertiary/aromatic N) is 1. The van der Waals surface area contributed by atoms with Crippen molar-refractivity contribution in [2.24, 2.45) is 5.10 Å². The van der Waals surface area contributed by atoms with E-state index in [0.29, 0.717) is 41.5 Å². The number of ether oxygens (including phenoxy) is 3. The second-order valence-electron chi connectivity index (χ2n) is 8.16. The highest BCUT2D eigenvalue weighted by Gasteiger charge is 2.13. The van der Waals surface area contributed by atoms with Gasteiger partial charge in [-0.3, -0.25) is 9.59 Å². The average molecular weight is 558 g/mol. The fourth-order valence-corrected chi connectivity index (χ4v) is 3.86. The molecule has 0 radical (unpaired) electrons. The van der Waals surface area contributed by atoms with E-state index >= 15 is 0 Å². The Morgan fingerprint density at radius 1 is 0.921 bits per heavy atom. The lowest BCUT2D eigenvalue weighted by molar-refractivity contribution is -0.118. The molecule has 0 heterocycles. The molecule has 0 saturated carbocycles. The molecule has 0 aromatic heterocycles. The van der Waals surface area contributed by atoms with E-state index < -0.39 is 5.91 Å². The van der Waals surface area contributed by atoms with Crippen molar-refractivity contribution in [1.29, 1.82) is 0 Å². The van der Waals surface area contributed by atoms with Gasteiger partial charge in [0, 0.05) is 11.3 Å². The number of carbonyl (C=O) groups is 2. The minimum Gasteiger partial charge on any atom is -0.490 e. The number of benzene rings is 3. The number of hydrogen-bond donors (Lipinski definition) is 2. The number of hydrogen-bond acceptors (Lipinski definition) is 6. The van der Waals surface area contributed by atoms with E-state index in [2.05, 4.69) is 15.8 Å². The van der Waals surface area contributed by atoms with Crippen molar-refractivity contribution in [3.8, 4) is 17.2 Å². The molecule has 0 atom stereocenters. The van der Waals surface area contributed by atoms with Crippen LogP contribution in [0.5, 0.6) is 17.2 Å². The molecule has 2 amide bonds. The summed E-state index contributed by atoms with van der Waals surface area (Å²) in [6, 6.07) is 15.4. The summed E-state index contributed by atoms with van der Waals surface area (Å²) in [5.41, 5.74) is 5.09. The van der Waals surface area contributed by atoms with Crippen molar-refractivity contribution in [2.45, 2.75) is 27.2 Å². The molecule has 200 valence electrons. The smallest absolute Gasteiger partial charge is 0.271 e. The number of halogens is 2. The van der Waals surface area contributed by atoms with Crippen LogP contribution in [0.1, 0.15) is 41.8 Å². The van der Waals surface area contributed by atoms with Crippen LogP contribution in [-0.2, 0) is 4.79 Å². The monoisotopic (exact) mass is 557 g/mol. The van der Waals surface area contributed by atoms with Gasteiger partial charge in [-0.15, -0.1) is 0 Å². The molecule has 0 unspecified atom stereocenters. The average Bonchev–Trinajstić information content (AvgIpc) is 2.89. The Hall–Kier alpha value is -3.75. The summed E-state index contributed by atoms with van der Waals surface area (Å²) in [5.74, 6) is 0.447. The molecule has 3 aromatic rings. The normalized spacial score (nSPS) is 10.8. The molecule has 0 saturated heterocycles. The Kier molecular flexibility index (Phi) is 10.8. The molecule has 0 fully saturated rings. The first kappa shape index (κ1) is 28.8. The Balaban J connectivity index is 1.59. The fourth-order valence-electron chi connectivity index (χ4n) is 3.24. The van der Waals surface area contributed by atoms with Crippen molar-refractivity contribution in [3.05, 3.63) is 81.3 Å². The van der Waals surface area contributed by atoms with E-state index in [-0.39, 0.29) is 28.3 Å². The lowest BCUT2D eigenvalue weighted by Gasteiger charge is -2.12. The van der Waals surface area contributed by atoms with Gasteiger partial charge < -0.3 is 19.5 Å². The second kappa shape index (κ2) is 14.3. The fraction of sp³-hybridized carbons (Fsp3) is 0.250. The SMILES string of the molecule is CCCOc1ccc(C(=O)N/N=C/c2cc(Cl)c(OCC(=O)Nc3ccc(C)cc3)c(Cl)c2)cc1OCC. The number of aryl methyl sites for hydroxylation is 1. The van der Waals surface area contributed by atoms with E-state index in [1.54, 1.807) is 42.5 Å². The van der Waals surface area contributed by atoms with Gasteiger partial charge in [-0.2, -0.15) is 5.10 Å². The van der Waals surface area contributed by atoms with E-state index in [4.69, 9.17) is 37.4 Å². The van der Waals surface area contributed by atoms with Crippen LogP contribution in [-0.4, -0.2) is 37.8 Å². The molecule has 0 aliphatic rings. The topological polar surface area (TPSA) is 98.3 Å². The van der Waals surface area contributed by atoms with Gasteiger partial charge in [0.15, 0.2) is 23.9 Å². The van der Waals surface area contributed by atoms with Gasteiger partial charge in [-0.1, -0.05) is 47.8 Å². The molecule has 0 aliphatic heterocycles. The van der Waals surface area contributed by atoms with E-state index in [1.807, 2.05) is 32.9 Å². The number of nitrogens with one attached hydrogen (secondary N) is 2. The maximum Gasteiger partial charge on any atom is 0.271 e. The molecule has 3 aromatic carbocycles. The van der Waals surface area contributed by atoms with Crippen LogP contribution in [0.2, 0.25) is 10.0 Å². The van der Waals surface area contributed by atoms with Gasteiger partial charge in [0.2, 0.25) is 0 Å². The molecule has 0 bridgehead atoms. The van der Waals surface area contributed by atoms with Crippen LogP contribution >= 0.6 is 23.2 Å². The lowest BCUT2D eigenvalue weighted by atomic mass is 10.2. The third kappa shape index (κ3) is 8.39. The van der Waals surface area contributed by atoms with Crippen LogP contribution in [0.25, 0.3) is 0 Å². The third-order valence-corrected chi connectivity index (χ3v) is 5.61. The summed E-state index contributed by atoms with van der Waals surface area (Å²) in [6.07, 6.45) is 2.25. The summed E-state index contributed by atoms with van der Waals surface area (Å²) < 4.78 is 16.8. The van der Waals surface area contributed by atoms with Crippen molar-refractivity contribution >= 4 is 46.9 Å². The van der Waals surface area contributed by atoms with Crippen LogP contribution in [0.3, 0.4) is 0 Å². The van der Waals surface area contributed by atoms with Crippen molar-refractivity contribution in [2.75, 3.05) is 25.1 Å². The lowest BCUT2D eigenvalue weighted by Crippen LogP contribution is -2.20. The Labute approximate surface area is 231 Å². The number of rotatable bonds is 12. The molecular formula is C28H29Cl2N3O5. The zero-order valence-corrected chi connectivity index (χ0v) is 22.9. The zero-order valence-electron chi connectivity index (χ0n) is 21.3. The second-order valence-corrected chi connectivity index (χ2v) is 8.97. The number of carbonyl (C=O) groups excluding carboxylic acids is 2. The van der Waals surface area contributed by atoms with Crippen LogP contribution in [0, 0.1) is 6.92 Å². The van der Waals surface area contributed by atoms with Gasteiger partial charge in [0.25, 0.3) is 11.8 Å². The molecule has 8 nitrogen and oxygen atoms in total. The highest BCUT2D eigenvalue weighted by atomic mass is 35.5. The summed E-state index contributed by atoms with van der Waals surface area (Å²) in [4.78, 5) is 24.8. The van der Waals surface area contributed by atoms with Gasteiger partial charge in [0.05, 0.1) is 29.5 Å². The Bertz CT molecular complexity index is 1270. The zero-order chi connectivity index (χ0) is 27.5. The van der Waals surface area contributed by atoms with Gasteiger partial charge in [-0.05, 0) is 68.3 Å². The maximum atomic E-state index is 12.6. The minimum atomic E-state index is -0.430. The Morgan fingerprint density at radius 3 is 2.29 bits per heavy atom. The molecule has 10 heteroatoms. The third-order valence-electron chi connectivity index (χ3n) is 5.05. The molecule has 38 heavy (non-hydrogen) atoms. The van der Waals surface area contributed by atoms with Crippen LogP contribution in [0.15, 0.2) is 59.7 Å². The van der Waals surface area contributed by atoms with Crippen LogP contribution in [0.4, 0.5) is 5.69 Å². The first-order valence-electron chi connectivity index (χ1n) is 12.0. The van der Waals surface area contributed by atoms with Crippen LogP contribution < -0.4 is 25.0 Å². The van der Waals surface area contributed by atoms with E-state index in [0.717, 1.165) is 12.0 Å². The number of anilines is 1. The molecule has 0 aliphatic carbocycles. The van der Waals surface area contributed by atoms with Crippen molar-refractivity contribution in [1.82, 2.24) is 5.43 Å². The predicted molar refractivity (Wildman–Crippen MR) is 150 cm³/mol. The molecule has 2 N–H and O–H groups in total. The summed E-state index contributed by atoms with van der Waals surface area (Å²) in [7, 11) is 0. The number of hydrazone groups is 1. The van der Waals surface area contributed by atoms with E-state index in [9.17, 15) is 9.59 Å². The molecule has 0 spiro atoms. The predicted octanol–water partition coefficient (Wildman–Crippen LogP) is 6.27. The molecular weight excluding hydrogens is 529 g/mol. The summed E-state index contributed by atoms with van der Waals surface area (Å²) in [6.45, 7) is 6.53. The number of amides is 2. The van der Waals surface area contributed by atoms with Crippen molar-refractivity contribution in [3.63, 3.8) is 0 Å². The first-order chi connectivity index (χ1) is 18.3. The highest BCUT2D eigenvalue weighted by Crippen LogP contribution is 2.34. The van der Waals surface area contributed by atoms with Crippen molar-refractivity contribution < 1.29 is 23.8 Å². The van der Waals surface area contributed by atoms with Gasteiger partial charge in [-0.25, -0.2) is 5.43 Å². The minimum absolute atomic E-state index is 0.169. The standard InChI is InChI=1S/C28H29Cl2N3O5/c1-4-12-37-24-11-8-20(15-25(24)36-5-2)28(35)33-31-16-19-13-22(29)27(23(30)14-19)38-17-26(34)32-21-9-6-18(3)7-10-21/h6-11,13-16H,4-5,12,17H2,1-3H3,(H,32,34)(H,33,35)/b31-16+. The van der Waals surface area contributed by atoms with Gasteiger partial charge in [0.1, 0.15) is 0 Å². The Morgan fingerprint density at radius 2 is 1.63 bits per heavy atom. The first-order valence-corrected chi connectivity index (χ1v) is 12.8. The van der Waals surface area contributed by atoms with E-state index in [1.165, 1.54) is 6.21 Å². The summed E-state index contributed by atoms with van der Waals surface area (Å²) >= 11 is 12.6. The largest absolute Gasteiger partial charge is 0.490 e. The molecule has 3 rings (SSSR count). The quantitative estimate of drug-likeness (QED) is 0.202. The van der Waals surface area contributed by atoms with Gasteiger partial charge >= 0.3 is 0 Å².